The number of carbonyl (C=O) groups excluding carboxylic acids is 1. The van der Waals surface area contributed by atoms with Crippen LogP contribution in [0.5, 0.6) is 11.5 Å². The summed E-state index contributed by atoms with van der Waals surface area (Å²) in [6, 6.07) is 10.8. The summed E-state index contributed by atoms with van der Waals surface area (Å²) in [6.45, 7) is 2.57. The quantitative estimate of drug-likeness (QED) is 0.848. The van der Waals surface area contributed by atoms with Crippen molar-refractivity contribution >= 4 is 11.6 Å². The Morgan fingerprint density at radius 2 is 2.05 bits per heavy atom. The highest BCUT2D eigenvalue weighted by Crippen LogP contribution is 2.32. The number of hydrogen-bond acceptors (Lipinski definition) is 4. The smallest absolute Gasteiger partial charge is 0.251 e. The maximum atomic E-state index is 12.2. The molecule has 0 unspecified atom stereocenters. The van der Waals surface area contributed by atoms with Crippen molar-refractivity contribution in [2.24, 2.45) is 0 Å². The van der Waals surface area contributed by atoms with E-state index < -0.39 is 0 Å². The van der Waals surface area contributed by atoms with Crippen LogP contribution in [0.2, 0.25) is 0 Å². The average Bonchev–Trinajstić information content (AvgIpc) is 2.96. The molecule has 0 aromatic heterocycles. The molecule has 1 aliphatic heterocycles. The number of nitrogens with two attached hydrogens (primary N) is 1. The predicted molar refractivity (Wildman–Crippen MR) is 79.3 cm³/mol. The van der Waals surface area contributed by atoms with Crippen molar-refractivity contribution in [1.29, 1.82) is 0 Å². The summed E-state index contributed by atoms with van der Waals surface area (Å²) >= 11 is 0. The molecular weight excluding hydrogens is 268 g/mol. The SMILES string of the molecule is Cc1c(N)cccc1CNC(=O)c1ccc2c(c1)OCO2. The van der Waals surface area contributed by atoms with Crippen molar-refractivity contribution in [3.63, 3.8) is 0 Å². The van der Waals surface area contributed by atoms with Crippen LogP contribution in [0, 0.1) is 6.92 Å². The van der Waals surface area contributed by atoms with Crippen molar-refractivity contribution in [2.45, 2.75) is 13.5 Å². The average molecular weight is 284 g/mol. The fourth-order valence-electron chi connectivity index (χ4n) is 2.21. The third kappa shape index (κ3) is 2.63. The van der Waals surface area contributed by atoms with Crippen LogP contribution >= 0.6 is 0 Å². The maximum absolute atomic E-state index is 12.2. The Kier molecular flexibility index (Phi) is 3.39. The zero-order valence-corrected chi connectivity index (χ0v) is 11.7. The molecule has 5 heteroatoms. The Balaban J connectivity index is 1.71. The van der Waals surface area contributed by atoms with Gasteiger partial charge in [-0.1, -0.05) is 12.1 Å². The van der Waals surface area contributed by atoms with Gasteiger partial charge >= 0.3 is 0 Å². The van der Waals surface area contributed by atoms with E-state index in [1.165, 1.54) is 0 Å². The molecule has 0 aliphatic carbocycles. The second-order valence-corrected chi connectivity index (χ2v) is 4.88. The number of nitrogens with one attached hydrogen (secondary N) is 1. The van der Waals surface area contributed by atoms with Gasteiger partial charge in [0, 0.05) is 17.8 Å². The molecule has 21 heavy (non-hydrogen) atoms. The van der Waals surface area contributed by atoms with Gasteiger partial charge in [0.05, 0.1) is 0 Å². The molecule has 1 amide bonds. The molecule has 0 saturated carbocycles. The molecule has 3 rings (SSSR count). The Bertz CT molecular complexity index is 698. The van der Waals surface area contributed by atoms with Crippen LogP contribution in [0.25, 0.3) is 0 Å². The first kappa shape index (κ1) is 13.3. The number of amides is 1. The van der Waals surface area contributed by atoms with Crippen LogP contribution in [0.15, 0.2) is 36.4 Å². The van der Waals surface area contributed by atoms with Crippen molar-refractivity contribution in [3.05, 3.63) is 53.1 Å². The lowest BCUT2D eigenvalue weighted by Crippen LogP contribution is -2.23. The van der Waals surface area contributed by atoms with E-state index in [9.17, 15) is 4.79 Å². The van der Waals surface area contributed by atoms with E-state index in [4.69, 9.17) is 15.2 Å². The minimum absolute atomic E-state index is 0.157. The largest absolute Gasteiger partial charge is 0.454 e. The molecule has 3 N–H and O–H groups in total. The van der Waals surface area contributed by atoms with Gasteiger partial charge in [-0.15, -0.1) is 0 Å². The molecule has 2 aromatic rings. The summed E-state index contributed by atoms with van der Waals surface area (Å²) < 4.78 is 10.5. The highest BCUT2D eigenvalue weighted by molar-refractivity contribution is 5.94. The van der Waals surface area contributed by atoms with Gasteiger partial charge in [0.15, 0.2) is 11.5 Å². The third-order valence-corrected chi connectivity index (χ3v) is 3.56. The van der Waals surface area contributed by atoms with Crippen LogP contribution in [-0.4, -0.2) is 12.7 Å². The van der Waals surface area contributed by atoms with Gasteiger partial charge in [0.1, 0.15) is 0 Å². The molecule has 5 nitrogen and oxygen atoms in total. The highest BCUT2D eigenvalue weighted by Gasteiger charge is 2.16. The van der Waals surface area contributed by atoms with E-state index in [1.807, 2.05) is 25.1 Å². The summed E-state index contributed by atoms with van der Waals surface area (Å²) in [5.41, 5.74) is 9.12. The zero-order chi connectivity index (χ0) is 14.8. The zero-order valence-electron chi connectivity index (χ0n) is 11.7. The second kappa shape index (κ2) is 5.36. The molecule has 1 heterocycles. The molecule has 2 aromatic carbocycles. The van der Waals surface area contributed by atoms with Gasteiger partial charge in [0.2, 0.25) is 6.79 Å². The number of benzene rings is 2. The number of ether oxygens (including phenoxy) is 2. The molecule has 0 atom stereocenters. The van der Waals surface area contributed by atoms with Crippen molar-refractivity contribution in [1.82, 2.24) is 5.32 Å². The topological polar surface area (TPSA) is 73.6 Å². The Hall–Kier alpha value is -2.69. The van der Waals surface area contributed by atoms with Gasteiger partial charge in [0.25, 0.3) is 5.91 Å². The summed E-state index contributed by atoms with van der Waals surface area (Å²) in [5, 5.41) is 2.88. The number of nitrogen functional groups attached to an aromatic ring is 1. The van der Waals surface area contributed by atoms with E-state index in [1.54, 1.807) is 18.2 Å². The lowest BCUT2D eigenvalue weighted by atomic mass is 10.1. The molecule has 1 aliphatic rings. The highest BCUT2D eigenvalue weighted by atomic mass is 16.7. The van der Waals surface area contributed by atoms with E-state index in [-0.39, 0.29) is 12.7 Å². The normalized spacial score (nSPS) is 12.2. The van der Waals surface area contributed by atoms with Crippen LogP contribution < -0.4 is 20.5 Å². The van der Waals surface area contributed by atoms with Crippen molar-refractivity contribution in [3.8, 4) is 11.5 Å². The first-order valence-electron chi connectivity index (χ1n) is 6.67. The van der Waals surface area contributed by atoms with Crippen LogP contribution in [0.1, 0.15) is 21.5 Å². The standard InChI is InChI=1S/C16H16N2O3/c1-10-12(3-2-4-13(10)17)8-18-16(19)11-5-6-14-15(7-11)21-9-20-14/h2-7H,8-9,17H2,1H3,(H,18,19). The van der Waals surface area contributed by atoms with Crippen molar-refractivity contribution < 1.29 is 14.3 Å². The Morgan fingerprint density at radius 1 is 1.24 bits per heavy atom. The molecule has 0 spiro atoms. The Labute approximate surface area is 122 Å². The van der Waals surface area contributed by atoms with Crippen LogP contribution in [0.4, 0.5) is 5.69 Å². The number of rotatable bonds is 3. The van der Waals surface area contributed by atoms with Gasteiger partial charge in [-0.05, 0) is 42.3 Å². The minimum Gasteiger partial charge on any atom is -0.454 e. The lowest BCUT2D eigenvalue weighted by Gasteiger charge is -2.10. The summed E-state index contributed by atoms with van der Waals surface area (Å²) in [5.74, 6) is 1.11. The summed E-state index contributed by atoms with van der Waals surface area (Å²) in [6.07, 6.45) is 0. The molecule has 0 radical (unpaired) electrons. The second-order valence-electron chi connectivity index (χ2n) is 4.88. The lowest BCUT2D eigenvalue weighted by molar-refractivity contribution is 0.0950. The van der Waals surface area contributed by atoms with Crippen LogP contribution in [-0.2, 0) is 6.54 Å². The first-order chi connectivity index (χ1) is 10.1. The monoisotopic (exact) mass is 284 g/mol. The molecule has 108 valence electrons. The van der Waals surface area contributed by atoms with Gasteiger partial charge < -0.3 is 20.5 Å². The summed E-state index contributed by atoms with van der Waals surface area (Å²) in [4.78, 5) is 12.2. The number of hydrogen-bond donors (Lipinski definition) is 2. The maximum Gasteiger partial charge on any atom is 0.251 e. The molecule has 0 fully saturated rings. The molecular formula is C16H16N2O3. The third-order valence-electron chi connectivity index (χ3n) is 3.56. The molecule has 0 bridgehead atoms. The fourth-order valence-corrected chi connectivity index (χ4v) is 2.21. The number of fused-ring (bicyclic) bond motifs is 1. The predicted octanol–water partition coefficient (Wildman–Crippen LogP) is 2.24. The van der Waals surface area contributed by atoms with Gasteiger partial charge in [-0.25, -0.2) is 0 Å². The minimum atomic E-state index is -0.157. The molecule has 0 saturated heterocycles. The van der Waals surface area contributed by atoms with E-state index in [2.05, 4.69) is 5.32 Å². The van der Waals surface area contributed by atoms with E-state index in [0.29, 0.717) is 23.6 Å². The summed E-state index contributed by atoms with van der Waals surface area (Å²) in [7, 11) is 0. The first-order valence-corrected chi connectivity index (χ1v) is 6.67. The van der Waals surface area contributed by atoms with E-state index in [0.717, 1.165) is 16.8 Å². The van der Waals surface area contributed by atoms with Gasteiger partial charge in [-0.2, -0.15) is 0 Å². The Morgan fingerprint density at radius 3 is 2.90 bits per heavy atom. The van der Waals surface area contributed by atoms with Gasteiger partial charge in [-0.3, -0.25) is 4.79 Å². The number of carbonyl (C=O) groups is 1. The van der Waals surface area contributed by atoms with Crippen LogP contribution in [0.3, 0.4) is 0 Å². The van der Waals surface area contributed by atoms with Crippen molar-refractivity contribution in [2.75, 3.05) is 12.5 Å². The fraction of sp³-hybridized carbons (Fsp3) is 0.188. The van der Waals surface area contributed by atoms with E-state index >= 15 is 0 Å². The number of anilines is 1.